The molecule has 2 aromatic carbocycles. The van der Waals surface area contributed by atoms with Gasteiger partial charge in [0.25, 0.3) is 11.8 Å². The average Bonchev–Trinajstić information content (AvgIpc) is 2.86. The van der Waals surface area contributed by atoms with Crippen molar-refractivity contribution in [3.05, 3.63) is 63.6 Å². The van der Waals surface area contributed by atoms with Crippen LogP contribution in [0.25, 0.3) is 0 Å². The molecule has 0 aromatic heterocycles. The fourth-order valence-electron chi connectivity index (χ4n) is 2.68. The summed E-state index contributed by atoms with van der Waals surface area (Å²) < 4.78 is 0. The number of carbonyl (C=O) groups is 2. The van der Waals surface area contributed by atoms with E-state index in [1.807, 2.05) is 12.1 Å². The van der Waals surface area contributed by atoms with Crippen molar-refractivity contribution in [2.45, 2.75) is 0 Å². The van der Waals surface area contributed by atoms with Gasteiger partial charge in [0.1, 0.15) is 0 Å². The van der Waals surface area contributed by atoms with Gasteiger partial charge in [0.15, 0.2) is 0 Å². The SMILES string of the molecule is O=C1c2ccccc2C(=O)N1CCNCCNc1cccc(Cl)c1Cl. The molecule has 0 aliphatic carbocycles. The van der Waals surface area contributed by atoms with Crippen molar-refractivity contribution in [2.75, 3.05) is 31.5 Å². The maximum Gasteiger partial charge on any atom is 0.261 e. The van der Waals surface area contributed by atoms with Crippen LogP contribution in [0.2, 0.25) is 10.0 Å². The number of anilines is 1. The van der Waals surface area contributed by atoms with Crippen LogP contribution >= 0.6 is 23.2 Å². The van der Waals surface area contributed by atoms with Gasteiger partial charge in [-0.05, 0) is 24.3 Å². The van der Waals surface area contributed by atoms with Crippen molar-refractivity contribution in [3.8, 4) is 0 Å². The van der Waals surface area contributed by atoms with E-state index in [0.29, 0.717) is 47.4 Å². The Bertz CT molecular complexity index is 776. The Labute approximate surface area is 155 Å². The first kappa shape index (κ1) is 17.7. The number of benzene rings is 2. The van der Waals surface area contributed by atoms with E-state index in [4.69, 9.17) is 23.2 Å². The molecular weight excluding hydrogens is 361 g/mol. The summed E-state index contributed by atoms with van der Waals surface area (Å²) >= 11 is 12.1. The van der Waals surface area contributed by atoms with Crippen molar-refractivity contribution in [2.24, 2.45) is 0 Å². The van der Waals surface area contributed by atoms with Gasteiger partial charge in [-0.3, -0.25) is 14.5 Å². The summed E-state index contributed by atoms with van der Waals surface area (Å²) in [5.74, 6) is -0.461. The van der Waals surface area contributed by atoms with Crippen LogP contribution in [0.5, 0.6) is 0 Å². The van der Waals surface area contributed by atoms with Crippen LogP contribution in [0.3, 0.4) is 0 Å². The molecule has 2 amide bonds. The lowest BCUT2D eigenvalue weighted by Crippen LogP contribution is -2.37. The average molecular weight is 378 g/mol. The largest absolute Gasteiger partial charge is 0.383 e. The van der Waals surface area contributed by atoms with Crippen LogP contribution < -0.4 is 10.6 Å². The maximum absolute atomic E-state index is 12.2. The second kappa shape index (κ2) is 7.87. The summed E-state index contributed by atoms with van der Waals surface area (Å²) in [7, 11) is 0. The smallest absolute Gasteiger partial charge is 0.261 e. The Morgan fingerprint density at radius 2 is 1.52 bits per heavy atom. The van der Waals surface area contributed by atoms with E-state index in [1.54, 1.807) is 30.3 Å². The molecule has 1 aliphatic rings. The number of imide groups is 1. The number of hydrogen-bond donors (Lipinski definition) is 2. The Morgan fingerprint density at radius 3 is 2.20 bits per heavy atom. The van der Waals surface area contributed by atoms with E-state index >= 15 is 0 Å². The van der Waals surface area contributed by atoms with E-state index in [-0.39, 0.29) is 11.8 Å². The number of nitrogens with zero attached hydrogens (tertiary/aromatic N) is 1. The second-order valence-electron chi connectivity index (χ2n) is 5.59. The summed E-state index contributed by atoms with van der Waals surface area (Å²) in [6.45, 7) is 2.16. The monoisotopic (exact) mass is 377 g/mol. The van der Waals surface area contributed by atoms with Crippen molar-refractivity contribution in [1.29, 1.82) is 0 Å². The van der Waals surface area contributed by atoms with E-state index < -0.39 is 0 Å². The summed E-state index contributed by atoms with van der Waals surface area (Å²) in [6.07, 6.45) is 0. The zero-order valence-electron chi connectivity index (χ0n) is 13.4. The summed E-state index contributed by atoms with van der Waals surface area (Å²) in [5.41, 5.74) is 1.73. The molecule has 1 heterocycles. The third-order valence-corrected chi connectivity index (χ3v) is 4.78. The van der Waals surface area contributed by atoms with Crippen LogP contribution in [0, 0.1) is 0 Å². The van der Waals surface area contributed by atoms with Crippen LogP contribution in [0.4, 0.5) is 5.69 Å². The number of hydrogen-bond acceptors (Lipinski definition) is 4. The Morgan fingerprint density at radius 1 is 0.840 bits per heavy atom. The number of rotatable bonds is 7. The molecule has 0 bridgehead atoms. The summed E-state index contributed by atoms with van der Waals surface area (Å²) in [4.78, 5) is 25.7. The van der Waals surface area contributed by atoms with Gasteiger partial charge in [-0.15, -0.1) is 0 Å². The number of nitrogens with one attached hydrogen (secondary N) is 2. The minimum Gasteiger partial charge on any atom is -0.383 e. The van der Waals surface area contributed by atoms with Crippen molar-refractivity contribution < 1.29 is 9.59 Å². The minimum absolute atomic E-state index is 0.230. The predicted octanol–water partition coefficient (Wildman–Crippen LogP) is 3.29. The third-order valence-electron chi connectivity index (χ3n) is 3.96. The summed E-state index contributed by atoms with van der Waals surface area (Å²) in [6, 6.07) is 12.3. The van der Waals surface area contributed by atoms with E-state index in [2.05, 4.69) is 10.6 Å². The van der Waals surface area contributed by atoms with Gasteiger partial charge < -0.3 is 10.6 Å². The highest BCUT2D eigenvalue weighted by Gasteiger charge is 2.34. The standard InChI is InChI=1S/C18H17Cl2N3O2/c19-14-6-3-7-15(16(14)20)22-9-8-21-10-11-23-17(24)12-4-1-2-5-13(12)18(23)25/h1-7,21-22H,8-11H2. The predicted molar refractivity (Wildman–Crippen MR) is 99.6 cm³/mol. The van der Waals surface area contributed by atoms with Crippen LogP contribution in [0.15, 0.2) is 42.5 Å². The number of carbonyl (C=O) groups excluding carboxylic acids is 2. The van der Waals surface area contributed by atoms with Crippen LogP contribution in [0.1, 0.15) is 20.7 Å². The quantitative estimate of drug-likeness (QED) is 0.574. The molecule has 7 heteroatoms. The van der Waals surface area contributed by atoms with Gasteiger partial charge in [-0.2, -0.15) is 0 Å². The third kappa shape index (κ3) is 3.79. The molecule has 2 N–H and O–H groups in total. The Kier molecular flexibility index (Phi) is 5.58. The molecule has 2 aromatic rings. The van der Waals surface area contributed by atoms with E-state index in [1.165, 1.54) is 4.90 Å². The molecule has 0 saturated heterocycles. The number of amides is 2. The van der Waals surface area contributed by atoms with Crippen LogP contribution in [-0.4, -0.2) is 42.9 Å². The molecule has 5 nitrogen and oxygen atoms in total. The van der Waals surface area contributed by atoms with Gasteiger partial charge >= 0.3 is 0 Å². The van der Waals surface area contributed by atoms with Gasteiger partial charge in [-0.1, -0.05) is 41.4 Å². The summed E-state index contributed by atoms with van der Waals surface area (Å²) in [5, 5.41) is 7.39. The molecule has 0 saturated carbocycles. The number of fused-ring (bicyclic) bond motifs is 1. The molecular formula is C18H17Cl2N3O2. The van der Waals surface area contributed by atoms with Crippen molar-refractivity contribution >= 4 is 40.7 Å². The van der Waals surface area contributed by atoms with Crippen molar-refractivity contribution in [3.63, 3.8) is 0 Å². The first-order chi connectivity index (χ1) is 12.1. The lowest BCUT2D eigenvalue weighted by molar-refractivity contribution is 0.0656. The molecule has 0 atom stereocenters. The highest BCUT2D eigenvalue weighted by atomic mass is 35.5. The maximum atomic E-state index is 12.2. The molecule has 0 spiro atoms. The fourth-order valence-corrected chi connectivity index (χ4v) is 3.05. The van der Waals surface area contributed by atoms with Gasteiger partial charge in [0.2, 0.25) is 0 Å². The van der Waals surface area contributed by atoms with E-state index in [9.17, 15) is 9.59 Å². The van der Waals surface area contributed by atoms with Gasteiger partial charge in [0, 0.05) is 26.2 Å². The molecule has 3 rings (SSSR count). The highest BCUT2D eigenvalue weighted by molar-refractivity contribution is 6.43. The number of halogens is 2. The lowest BCUT2D eigenvalue weighted by Gasteiger charge is -2.14. The first-order valence-electron chi connectivity index (χ1n) is 7.93. The first-order valence-corrected chi connectivity index (χ1v) is 8.69. The zero-order chi connectivity index (χ0) is 17.8. The van der Waals surface area contributed by atoms with Crippen molar-refractivity contribution in [1.82, 2.24) is 10.2 Å². The van der Waals surface area contributed by atoms with E-state index in [0.717, 1.165) is 5.69 Å². The molecule has 25 heavy (non-hydrogen) atoms. The minimum atomic E-state index is -0.230. The molecule has 0 unspecified atom stereocenters. The Balaban J connectivity index is 1.42. The van der Waals surface area contributed by atoms with Gasteiger partial charge in [0.05, 0.1) is 26.9 Å². The normalized spacial score (nSPS) is 13.3. The topological polar surface area (TPSA) is 61.4 Å². The second-order valence-corrected chi connectivity index (χ2v) is 6.37. The van der Waals surface area contributed by atoms with Crippen LogP contribution in [-0.2, 0) is 0 Å². The molecule has 0 fully saturated rings. The molecule has 130 valence electrons. The van der Waals surface area contributed by atoms with Gasteiger partial charge in [-0.25, -0.2) is 0 Å². The highest BCUT2D eigenvalue weighted by Crippen LogP contribution is 2.29. The molecule has 1 aliphatic heterocycles. The molecule has 0 radical (unpaired) electrons. The fraction of sp³-hybridized carbons (Fsp3) is 0.222. The zero-order valence-corrected chi connectivity index (χ0v) is 14.9. The Hall–Kier alpha value is -2.08. The lowest BCUT2D eigenvalue weighted by atomic mass is 10.1.